The fraction of sp³-hybridized carbons (Fsp3) is 0.438. The Balaban J connectivity index is 0.00000176. The smallest absolute Gasteiger partial charge is 0.258 e. The van der Waals surface area contributed by atoms with Crippen LogP contribution in [0.1, 0.15) is 47.7 Å². The Morgan fingerprint density at radius 3 is 2.68 bits per heavy atom. The Hall–Kier alpha value is -1.82. The van der Waals surface area contributed by atoms with Crippen molar-refractivity contribution in [2.24, 2.45) is 7.05 Å². The number of thioether (sulfide) groups is 1. The molecule has 0 radical (unpaired) electrons. The molecule has 0 unspecified atom stereocenters. The second-order valence-corrected chi connectivity index (χ2v) is 6.11. The van der Waals surface area contributed by atoms with E-state index < -0.39 is 0 Å². The number of amides is 1. The SMILES string of the molecule is C.CSc1c(C2CC2)ccc(C(=O)Nc2ncnn2C)c1C. The average molecular weight is 318 g/mol. The summed E-state index contributed by atoms with van der Waals surface area (Å²) in [5.74, 6) is 1.000. The van der Waals surface area contributed by atoms with Crippen molar-refractivity contribution in [3.8, 4) is 0 Å². The average Bonchev–Trinajstić information content (AvgIpc) is 3.23. The van der Waals surface area contributed by atoms with Crippen molar-refractivity contribution in [1.29, 1.82) is 0 Å². The molecule has 6 heteroatoms. The Morgan fingerprint density at radius 1 is 1.41 bits per heavy atom. The first-order valence-corrected chi connectivity index (χ1v) is 8.17. The minimum atomic E-state index is -0.138. The minimum absolute atomic E-state index is 0. The summed E-state index contributed by atoms with van der Waals surface area (Å²) >= 11 is 1.72. The largest absolute Gasteiger partial charge is 0.291 e. The van der Waals surface area contributed by atoms with Crippen LogP contribution in [0.5, 0.6) is 0 Å². The van der Waals surface area contributed by atoms with Gasteiger partial charge in [0.1, 0.15) is 6.33 Å². The van der Waals surface area contributed by atoms with Crippen LogP contribution < -0.4 is 5.32 Å². The maximum absolute atomic E-state index is 12.4. The van der Waals surface area contributed by atoms with Crippen LogP contribution in [0.15, 0.2) is 23.4 Å². The molecule has 2 aromatic rings. The lowest BCUT2D eigenvalue weighted by Crippen LogP contribution is -2.17. The number of rotatable bonds is 4. The van der Waals surface area contributed by atoms with Gasteiger partial charge in [0.25, 0.3) is 5.91 Å². The summed E-state index contributed by atoms with van der Waals surface area (Å²) in [6, 6.07) is 4.02. The van der Waals surface area contributed by atoms with E-state index >= 15 is 0 Å². The van der Waals surface area contributed by atoms with Crippen LogP contribution in [0.25, 0.3) is 0 Å². The van der Waals surface area contributed by atoms with Crippen LogP contribution in [0.2, 0.25) is 0 Å². The predicted octanol–water partition coefficient (Wildman–Crippen LogP) is 3.61. The van der Waals surface area contributed by atoms with Crippen LogP contribution in [0.4, 0.5) is 5.95 Å². The maximum atomic E-state index is 12.4. The summed E-state index contributed by atoms with van der Waals surface area (Å²) in [7, 11) is 1.75. The lowest BCUT2D eigenvalue weighted by atomic mass is 10.0. The molecule has 1 aromatic heterocycles. The first-order valence-electron chi connectivity index (χ1n) is 6.94. The summed E-state index contributed by atoms with van der Waals surface area (Å²) in [5.41, 5.74) is 3.13. The summed E-state index contributed by atoms with van der Waals surface area (Å²) < 4.78 is 1.54. The molecule has 0 aliphatic heterocycles. The van der Waals surface area contributed by atoms with Crippen molar-refractivity contribution < 1.29 is 4.79 Å². The highest BCUT2D eigenvalue weighted by atomic mass is 32.2. The first-order chi connectivity index (χ1) is 10.1. The monoisotopic (exact) mass is 318 g/mol. The molecule has 1 saturated carbocycles. The van der Waals surface area contributed by atoms with E-state index in [2.05, 4.69) is 27.7 Å². The van der Waals surface area contributed by atoms with E-state index in [0.717, 1.165) is 5.56 Å². The molecule has 0 spiro atoms. The van der Waals surface area contributed by atoms with Gasteiger partial charge in [0.15, 0.2) is 0 Å². The number of nitrogens with zero attached hydrogens (tertiary/aromatic N) is 3. The van der Waals surface area contributed by atoms with E-state index in [4.69, 9.17) is 0 Å². The Morgan fingerprint density at radius 2 is 2.14 bits per heavy atom. The molecule has 22 heavy (non-hydrogen) atoms. The lowest BCUT2D eigenvalue weighted by molar-refractivity contribution is 0.102. The Kier molecular flexibility index (Phi) is 4.90. The molecule has 5 nitrogen and oxygen atoms in total. The number of anilines is 1. The minimum Gasteiger partial charge on any atom is -0.291 e. The Bertz CT molecular complexity index is 691. The van der Waals surface area contributed by atoms with Crippen molar-refractivity contribution in [3.63, 3.8) is 0 Å². The third-order valence-electron chi connectivity index (χ3n) is 3.84. The van der Waals surface area contributed by atoms with E-state index in [1.54, 1.807) is 23.5 Å². The van der Waals surface area contributed by atoms with Crippen LogP contribution in [0.3, 0.4) is 0 Å². The number of aromatic nitrogens is 3. The molecule has 3 rings (SSSR count). The van der Waals surface area contributed by atoms with Gasteiger partial charge in [-0.1, -0.05) is 13.5 Å². The van der Waals surface area contributed by atoms with Crippen molar-refractivity contribution in [2.75, 3.05) is 11.6 Å². The summed E-state index contributed by atoms with van der Waals surface area (Å²) in [6.07, 6.45) is 6.01. The number of carbonyl (C=O) groups excluding carboxylic acids is 1. The molecule has 1 aliphatic rings. The maximum Gasteiger partial charge on any atom is 0.258 e. The quantitative estimate of drug-likeness (QED) is 0.875. The third kappa shape index (κ3) is 3.02. The molecule has 0 atom stereocenters. The van der Waals surface area contributed by atoms with Crippen LogP contribution in [-0.4, -0.2) is 26.9 Å². The van der Waals surface area contributed by atoms with E-state index in [9.17, 15) is 4.79 Å². The zero-order chi connectivity index (χ0) is 15.0. The van der Waals surface area contributed by atoms with Gasteiger partial charge in [-0.3, -0.25) is 10.1 Å². The Labute approximate surface area is 135 Å². The fourth-order valence-electron chi connectivity index (χ4n) is 2.52. The molecular weight excluding hydrogens is 296 g/mol. The zero-order valence-corrected chi connectivity index (χ0v) is 13.2. The van der Waals surface area contributed by atoms with Crippen molar-refractivity contribution in [2.45, 2.75) is 38.0 Å². The van der Waals surface area contributed by atoms with Gasteiger partial charge in [0.2, 0.25) is 5.95 Å². The van der Waals surface area contributed by atoms with Gasteiger partial charge in [-0.15, -0.1) is 11.8 Å². The second-order valence-electron chi connectivity index (χ2n) is 5.30. The number of benzene rings is 1. The molecule has 1 aromatic carbocycles. The van der Waals surface area contributed by atoms with Gasteiger partial charge < -0.3 is 0 Å². The number of hydrogen-bond acceptors (Lipinski definition) is 4. The van der Waals surface area contributed by atoms with Gasteiger partial charge >= 0.3 is 0 Å². The summed E-state index contributed by atoms with van der Waals surface area (Å²) in [4.78, 5) is 17.7. The topological polar surface area (TPSA) is 59.8 Å². The highest BCUT2D eigenvalue weighted by Crippen LogP contribution is 2.45. The molecule has 1 heterocycles. The molecule has 1 fully saturated rings. The summed E-state index contributed by atoms with van der Waals surface area (Å²) in [6.45, 7) is 2.02. The van der Waals surface area contributed by atoms with Crippen molar-refractivity contribution in [3.05, 3.63) is 35.2 Å². The molecule has 1 amide bonds. The number of nitrogens with one attached hydrogen (secondary N) is 1. The number of carbonyl (C=O) groups is 1. The molecule has 1 N–H and O–H groups in total. The van der Waals surface area contributed by atoms with Crippen LogP contribution in [-0.2, 0) is 7.05 Å². The van der Waals surface area contributed by atoms with Gasteiger partial charge in [0.05, 0.1) is 0 Å². The molecule has 0 saturated heterocycles. The lowest BCUT2D eigenvalue weighted by Gasteiger charge is -2.14. The van der Waals surface area contributed by atoms with Crippen molar-refractivity contribution in [1.82, 2.24) is 14.8 Å². The summed E-state index contributed by atoms with van der Waals surface area (Å²) in [5, 5.41) is 6.76. The highest BCUT2D eigenvalue weighted by molar-refractivity contribution is 7.98. The van der Waals surface area contributed by atoms with Gasteiger partial charge in [0, 0.05) is 17.5 Å². The highest BCUT2D eigenvalue weighted by Gasteiger charge is 2.28. The zero-order valence-electron chi connectivity index (χ0n) is 12.4. The number of aryl methyl sites for hydroxylation is 1. The fourth-order valence-corrected chi connectivity index (χ4v) is 3.41. The second kappa shape index (κ2) is 6.52. The van der Waals surface area contributed by atoms with E-state index in [1.807, 2.05) is 13.0 Å². The van der Waals surface area contributed by atoms with Gasteiger partial charge in [-0.2, -0.15) is 10.1 Å². The van der Waals surface area contributed by atoms with Crippen molar-refractivity contribution >= 4 is 23.6 Å². The number of hydrogen-bond donors (Lipinski definition) is 1. The van der Waals surface area contributed by atoms with E-state index in [-0.39, 0.29) is 13.3 Å². The standard InChI is InChI=1S/C15H18N4OS.CH4/c1-9-11(14(20)18-15-16-8-17-19(15)2)6-7-12(10-4-5-10)13(9)21-3;/h6-8,10H,4-5H2,1-3H3,(H,16,17,18,20);1H4. The van der Waals surface area contributed by atoms with Gasteiger partial charge in [-0.25, -0.2) is 4.68 Å². The van der Waals surface area contributed by atoms with E-state index in [0.29, 0.717) is 17.4 Å². The predicted molar refractivity (Wildman–Crippen MR) is 90.6 cm³/mol. The normalized spacial score (nSPS) is 13.6. The molecular formula is C16H22N4OS. The van der Waals surface area contributed by atoms with Crippen LogP contribution >= 0.6 is 11.8 Å². The molecule has 118 valence electrons. The molecule has 1 aliphatic carbocycles. The first kappa shape index (κ1) is 16.5. The molecule has 0 bridgehead atoms. The van der Waals surface area contributed by atoms with E-state index in [1.165, 1.54) is 29.6 Å². The van der Waals surface area contributed by atoms with Crippen LogP contribution in [0, 0.1) is 6.92 Å². The third-order valence-corrected chi connectivity index (χ3v) is 4.79. The van der Waals surface area contributed by atoms with Gasteiger partial charge in [-0.05, 0) is 49.1 Å².